The SMILES string of the molecule is CC(C)(C)[Si](C)(C)O[C@@H]1CCC(O)O[C@H]1C(F)(F)F. The molecule has 0 spiro atoms. The first kappa shape index (κ1) is 16.9. The van der Waals surface area contributed by atoms with Gasteiger partial charge in [0, 0.05) is 6.42 Å². The molecule has 1 unspecified atom stereocenters. The highest BCUT2D eigenvalue weighted by Gasteiger charge is 2.52. The quantitative estimate of drug-likeness (QED) is 0.794. The van der Waals surface area contributed by atoms with Crippen molar-refractivity contribution in [1.82, 2.24) is 0 Å². The largest absolute Gasteiger partial charge is 0.417 e. The third-order valence-electron chi connectivity index (χ3n) is 3.91. The highest BCUT2D eigenvalue weighted by Crippen LogP contribution is 2.41. The molecule has 3 atom stereocenters. The van der Waals surface area contributed by atoms with Crippen LogP contribution in [0.4, 0.5) is 13.2 Å². The zero-order valence-electron chi connectivity index (χ0n) is 12.0. The summed E-state index contributed by atoms with van der Waals surface area (Å²) >= 11 is 0. The molecule has 1 aliphatic rings. The van der Waals surface area contributed by atoms with Crippen molar-refractivity contribution in [1.29, 1.82) is 0 Å². The monoisotopic (exact) mass is 300 g/mol. The van der Waals surface area contributed by atoms with E-state index in [0.29, 0.717) is 0 Å². The molecule has 0 amide bonds. The van der Waals surface area contributed by atoms with Gasteiger partial charge < -0.3 is 14.3 Å². The van der Waals surface area contributed by atoms with E-state index in [2.05, 4.69) is 4.74 Å². The van der Waals surface area contributed by atoms with Crippen LogP contribution >= 0.6 is 0 Å². The summed E-state index contributed by atoms with van der Waals surface area (Å²) in [6.45, 7) is 9.73. The van der Waals surface area contributed by atoms with Crippen LogP contribution in [0.2, 0.25) is 18.1 Å². The summed E-state index contributed by atoms with van der Waals surface area (Å²) in [5.74, 6) is 0. The van der Waals surface area contributed by atoms with E-state index in [1.54, 1.807) is 0 Å². The molecule has 0 aromatic carbocycles. The maximum atomic E-state index is 12.9. The first-order chi connectivity index (χ1) is 8.34. The average Bonchev–Trinajstić information content (AvgIpc) is 2.17. The Morgan fingerprint density at radius 3 is 2.11 bits per heavy atom. The third kappa shape index (κ3) is 4.17. The number of ether oxygens (including phenoxy) is 1. The van der Waals surface area contributed by atoms with Crippen molar-refractivity contribution in [3.05, 3.63) is 0 Å². The summed E-state index contributed by atoms with van der Waals surface area (Å²) in [5.41, 5.74) is 0. The molecule has 19 heavy (non-hydrogen) atoms. The van der Waals surface area contributed by atoms with Gasteiger partial charge in [-0.3, -0.25) is 0 Å². The van der Waals surface area contributed by atoms with E-state index in [9.17, 15) is 18.3 Å². The van der Waals surface area contributed by atoms with Crippen LogP contribution < -0.4 is 0 Å². The minimum atomic E-state index is -4.52. The summed E-state index contributed by atoms with van der Waals surface area (Å²) in [6.07, 6.45) is -8.60. The predicted octanol–water partition coefficient (Wildman–Crippen LogP) is 3.44. The smallest absolute Gasteiger partial charge is 0.411 e. The van der Waals surface area contributed by atoms with Crippen LogP contribution in [0.5, 0.6) is 0 Å². The number of alkyl halides is 3. The summed E-state index contributed by atoms with van der Waals surface area (Å²) in [7, 11) is -2.30. The Balaban J connectivity index is 2.86. The van der Waals surface area contributed by atoms with E-state index in [1.807, 2.05) is 33.9 Å². The molecular weight excluding hydrogens is 277 g/mol. The lowest BCUT2D eigenvalue weighted by Crippen LogP contribution is -2.54. The van der Waals surface area contributed by atoms with Gasteiger partial charge in [0.25, 0.3) is 0 Å². The Bertz CT molecular complexity index is 312. The Hall–Kier alpha value is -0.113. The van der Waals surface area contributed by atoms with E-state index in [0.717, 1.165) is 0 Å². The summed E-state index contributed by atoms with van der Waals surface area (Å²) in [4.78, 5) is 0. The Morgan fingerprint density at radius 1 is 1.16 bits per heavy atom. The minimum absolute atomic E-state index is 0.165. The van der Waals surface area contributed by atoms with E-state index < -0.39 is 33.0 Å². The molecule has 1 rings (SSSR count). The molecule has 0 saturated carbocycles. The molecule has 1 N–H and O–H groups in total. The van der Waals surface area contributed by atoms with Crippen LogP contribution in [-0.4, -0.2) is 38.1 Å². The topological polar surface area (TPSA) is 38.7 Å². The number of hydrogen-bond donors (Lipinski definition) is 1. The molecule has 3 nitrogen and oxygen atoms in total. The summed E-state index contributed by atoms with van der Waals surface area (Å²) in [5, 5.41) is 9.09. The van der Waals surface area contributed by atoms with Crippen molar-refractivity contribution >= 4 is 8.32 Å². The number of aliphatic hydroxyl groups is 1. The van der Waals surface area contributed by atoms with Crippen LogP contribution in [0.15, 0.2) is 0 Å². The van der Waals surface area contributed by atoms with Crippen molar-refractivity contribution in [3.8, 4) is 0 Å². The van der Waals surface area contributed by atoms with Gasteiger partial charge in [-0.05, 0) is 24.6 Å². The molecular formula is C12H23F3O3Si. The van der Waals surface area contributed by atoms with Crippen LogP contribution in [-0.2, 0) is 9.16 Å². The average molecular weight is 300 g/mol. The maximum Gasteiger partial charge on any atom is 0.417 e. The van der Waals surface area contributed by atoms with Crippen molar-refractivity contribution in [2.24, 2.45) is 0 Å². The first-order valence-electron chi connectivity index (χ1n) is 6.42. The molecule has 0 radical (unpaired) electrons. The van der Waals surface area contributed by atoms with Gasteiger partial charge in [-0.1, -0.05) is 20.8 Å². The highest BCUT2D eigenvalue weighted by atomic mass is 28.4. The normalized spacial score (nSPS) is 30.5. The number of rotatable bonds is 2. The molecule has 0 aliphatic carbocycles. The lowest BCUT2D eigenvalue weighted by Gasteiger charge is -2.43. The molecule has 1 saturated heterocycles. The number of halogens is 3. The second-order valence-corrected chi connectivity index (χ2v) is 11.3. The first-order valence-corrected chi connectivity index (χ1v) is 9.33. The summed E-state index contributed by atoms with van der Waals surface area (Å²) in [6, 6.07) is 0. The van der Waals surface area contributed by atoms with Gasteiger partial charge in [0.1, 0.15) is 0 Å². The van der Waals surface area contributed by atoms with Crippen LogP contribution in [0.3, 0.4) is 0 Å². The molecule has 114 valence electrons. The highest BCUT2D eigenvalue weighted by molar-refractivity contribution is 6.74. The van der Waals surface area contributed by atoms with E-state index in [4.69, 9.17) is 4.43 Å². The van der Waals surface area contributed by atoms with Crippen molar-refractivity contribution in [2.45, 2.75) is 76.4 Å². The second-order valence-electron chi connectivity index (χ2n) is 6.55. The van der Waals surface area contributed by atoms with Gasteiger partial charge in [-0.15, -0.1) is 0 Å². The molecule has 7 heteroatoms. The van der Waals surface area contributed by atoms with Gasteiger partial charge >= 0.3 is 6.18 Å². The summed E-state index contributed by atoms with van der Waals surface area (Å²) < 4.78 is 49.3. The van der Waals surface area contributed by atoms with Crippen molar-refractivity contribution in [3.63, 3.8) is 0 Å². The number of aliphatic hydroxyl groups excluding tert-OH is 1. The fraction of sp³-hybridized carbons (Fsp3) is 1.00. The van der Waals surface area contributed by atoms with E-state index in [1.165, 1.54) is 0 Å². The Morgan fingerprint density at radius 2 is 1.68 bits per heavy atom. The molecule has 1 aliphatic heterocycles. The van der Waals surface area contributed by atoms with Crippen LogP contribution in [0.1, 0.15) is 33.6 Å². The molecule has 0 bridgehead atoms. The fourth-order valence-electron chi connectivity index (χ4n) is 1.75. The third-order valence-corrected chi connectivity index (χ3v) is 8.42. The van der Waals surface area contributed by atoms with Gasteiger partial charge in [0.2, 0.25) is 0 Å². The van der Waals surface area contributed by atoms with Crippen LogP contribution in [0, 0.1) is 0 Å². The van der Waals surface area contributed by atoms with E-state index >= 15 is 0 Å². The molecule has 0 aromatic rings. The van der Waals surface area contributed by atoms with Gasteiger partial charge in [-0.2, -0.15) is 13.2 Å². The zero-order chi connectivity index (χ0) is 15.1. The lowest BCUT2D eigenvalue weighted by atomic mass is 10.0. The zero-order valence-corrected chi connectivity index (χ0v) is 13.0. The molecule has 1 fully saturated rings. The standard InChI is InChI=1S/C12H23F3O3Si/c1-11(2,3)19(4,5)18-8-6-7-9(16)17-10(8)12(13,14)15/h8-10,16H,6-7H2,1-5H3/t8-,9?,10-/m1/s1. The van der Waals surface area contributed by atoms with Gasteiger partial charge in [0.05, 0.1) is 6.10 Å². The van der Waals surface area contributed by atoms with Crippen molar-refractivity contribution in [2.75, 3.05) is 0 Å². The van der Waals surface area contributed by atoms with Gasteiger partial charge in [0.15, 0.2) is 20.7 Å². The predicted molar refractivity (Wildman–Crippen MR) is 68.2 cm³/mol. The minimum Gasteiger partial charge on any atom is -0.411 e. The Kier molecular flexibility index (Phi) is 4.77. The molecule has 0 aromatic heterocycles. The second kappa shape index (κ2) is 5.35. The number of hydrogen-bond acceptors (Lipinski definition) is 3. The van der Waals surface area contributed by atoms with Crippen LogP contribution in [0.25, 0.3) is 0 Å². The molecule has 1 heterocycles. The van der Waals surface area contributed by atoms with Crippen molar-refractivity contribution < 1.29 is 27.4 Å². The maximum absolute atomic E-state index is 12.9. The van der Waals surface area contributed by atoms with E-state index in [-0.39, 0.29) is 17.9 Å². The lowest BCUT2D eigenvalue weighted by molar-refractivity contribution is -0.300. The fourth-order valence-corrected chi connectivity index (χ4v) is 3.10. The van der Waals surface area contributed by atoms with Gasteiger partial charge in [-0.25, -0.2) is 0 Å². The Labute approximate surface area is 113 Å².